The van der Waals surface area contributed by atoms with Gasteiger partial charge in [-0.2, -0.15) is 4.98 Å². The molecule has 2 N–H and O–H groups in total. The van der Waals surface area contributed by atoms with Crippen LogP contribution in [0.15, 0.2) is 4.52 Å². The van der Waals surface area contributed by atoms with E-state index in [1.54, 1.807) is 6.92 Å². The molecule has 3 rings (SSSR count). The van der Waals surface area contributed by atoms with Gasteiger partial charge in [-0.3, -0.25) is 9.59 Å². The van der Waals surface area contributed by atoms with Crippen molar-refractivity contribution >= 4 is 11.7 Å². The lowest BCUT2D eigenvalue weighted by atomic mass is 9.93. The number of Topliss-reactive ketones (excluding diaryl/α,β-unsaturated/α-hetero) is 1. The number of hydrogen-bond acceptors (Lipinski definition) is 5. The SMILES string of the molecule is CCc1noc(C(C)NC(=O)c2c(C)[nH]c3c2C(=O)CCC3)n1. The third-order valence-electron chi connectivity index (χ3n) is 4.12. The van der Waals surface area contributed by atoms with Crippen LogP contribution in [0.2, 0.25) is 0 Å². The minimum atomic E-state index is -0.418. The Balaban J connectivity index is 1.83. The fourth-order valence-electron chi connectivity index (χ4n) is 2.94. The van der Waals surface area contributed by atoms with Crippen LogP contribution in [0.4, 0.5) is 0 Å². The molecule has 0 saturated carbocycles. The first-order valence-electron chi connectivity index (χ1n) is 7.89. The molecule has 0 radical (unpaired) electrons. The molecule has 1 atom stereocenters. The monoisotopic (exact) mass is 316 g/mol. The zero-order valence-corrected chi connectivity index (χ0v) is 13.5. The molecule has 7 nitrogen and oxygen atoms in total. The lowest BCUT2D eigenvalue weighted by molar-refractivity contribution is 0.0912. The Morgan fingerprint density at radius 2 is 2.22 bits per heavy atom. The quantitative estimate of drug-likeness (QED) is 0.901. The van der Waals surface area contributed by atoms with Gasteiger partial charge in [-0.05, 0) is 26.7 Å². The first-order chi connectivity index (χ1) is 11.0. The lowest BCUT2D eigenvalue weighted by Gasteiger charge is -2.13. The van der Waals surface area contributed by atoms with E-state index >= 15 is 0 Å². The maximum Gasteiger partial charge on any atom is 0.254 e. The summed E-state index contributed by atoms with van der Waals surface area (Å²) in [6.07, 6.45) is 2.78. The Morgan fingerprint density at radius 1 is 1.43 bits per heavy atom. The van der Waals surface area contributed by atoms with E-state index in [4.69, 9.17) is 4.52 Å². The smallest absolute Gasteiger partial charge is 0.254 e. The molecule has 0 bridgehead atoms. The molecular weight excluding hydrogens is 296 g/mol. The van der Waals surface area contributed by atoms with Gasteiger partial charge >= 0.3 is 0 Å². The standard InChI is InChI=1S/C16H20N4O3/c1-4-12-19-16(23-20-12)9(3)18-15(22)13-8(2)17-10-6-5-7-11(21)14(10)13/h9,17H,4-7H2,1-3H3,(H,18,22). The van der Waals surface area contributed by atoms with E-state index in [2.05, 4.69) is 20.4 Å². The Morgan fingerprint density at radius 3 is 2.91 bits per heavy atom. The molecule has 0 aromatic carbocycles. The van der Waals surface area contributed by atoms with E-state index in [0.29, 0.717) is 35.7 Å². The molecule has 7 heteroatoms. The molecule has 1 aliphatic rings. The number of rotatable bonds is 4. The number of hydrogen-bond donors (Lipinski definition) is 2. The zero-order chi connectivity index (χ0) is 16.6. The van der Waals surface area contributed by atoms with E-state index in [1.165, 1.54) is 0 Å². The maximum atomic E-state index is 12.6. The van der Waals surface area contributed by atoms with Crippen molar-refractivity contribution in [3.63, 3.8) is 0 Å². The summed E-state index contributed by atoms with van der Waals surface area (Å²) in [7, 11) is 0. The fourth-order valence-corrected chi connectivity index (χ4v) is 2.94. The highest BCUT2D eigenvalue weighted by atomic mass is 16.5. The minimum absolute atomic E-state index is 0.0273. The average Bonchev–Trinajstić information content (AvgIpc) is 3.11. The second-order valence-corrected chi connectivity index (χ2v) is 5.85. The Labute approximate surface area is 133 Å². The molecule has 0 fully saturated rings. The van der Waals surface area contributed by atoms with Crippen LogP contribution in [0.5, 0.6) is 0 Å². The Bertz CT molecular complexity index is 759. The Kier molecular flexibility index (Phi) is 4.02. The average molecular weight is 316 g/mol. The normalized spacial score (nSPS) is 15.3. The molecule has 23 heavy (non-hydrogen) atoms. The van der Waals surface area contributed by atoms with Gasteiger partial charge in [-0.15, -0.1) is 0 Å². The van der Waals surface area contributed by atoms with Crippen LogP contribution in [0.25, 0.3) is 0 Å². The number of aromatic nitrogens is 3. The molecule has 2 heterocycles. The highest BCUT2D eigenvalue weighted by Gasteiger charge is 2.29. The van der Waals surface area contributed by atoms with Crippen molar-refractivity contribution in [3.8, 4) is 0 Å². The second kappa shape index (κ2) is 5.98. The first-order valence-corrected chi connectivity index (χ1v) is 7.89. The van der Waals surface area contributed by atoms with Crippen molar-refractivity contribution in [1.82, 2.24) is 20.4 Å². The summed E-state index contributed by atoms with van der Waals surface area (Å²) in [5.74, 6) is 0.702. The molecule has 122 valence electrons. The molecule has 1 amide bonds. The van der Waals surface area contributed by atoms with Crippen molar-refractivity contribution in [2.45, 2.75) is 52.5 Å². The van der Waals surface area contributed by atoms with Gasteiger partial charge in [0.25, 0.3) is 5.91 Å². The van der Waals surface area contributed by atoms with Crippen LogP contribution in [-0.4, -0.2) is 26.8 Å². The van der Waals surface area contributed by atoms with Gasteiger partial charge in [0.2, 0.25) is 5.89 Å². The van der Waals surface area contributed by atoms with Gasteiger partial charge in [0.05, 0.1) is 11.1 Å². The topological polar surface area (TPSA) is 101 Å². The van der Waals surface area contributed by atoms with E-state index in [-0.39, 0.29) is 11.7 Å². The third kappa shape index (κ3) is 2.78. The summed E-state index contributed by atoms with van der Waals surface area (Å²) in [5.41, 5.74) is 2.56. The highest BCUT2D eigenvalue weighted by molar-refractivity contribution is 6.10. The summed E-state index contributed by atoms with van der Waals surface area (Å²) < 4.78 is 5.15. The summed E-state index contributed by atoms with van der Waals surface area (Å²) >= 11 is 0. The van der Waals surface area contributed by atoms with Crippen molar-refractivity contribution in [1.29, 1.82) is 0 Å². The molecule has 1 aliphatic carbocycles. The number of amides is 1. The number of H-pyrrole nitrogens is 1. The molecule has 0 aliphatic heterocycles. The largest absolute Gasteiger partial charge is 0.361 e. The zero-order valence-electron chi connectivity index (χ0n) is 13.5. The number of nitrogens with one attached hydrogen (secondary N) is 2. The number of nitrogens with zero attached hydrogens (tertiary/aromatic N) is 2. The molecule has 2 aromatic rings. The number of aryl methyl sites for hydroxylation is 3. The van der Waals surface area contributed by atoms with Gasteiger partial charge in [0.1, 0.15) is 6.04 Å². The molecule has 1 unspecified atom stereocenters. The van der Waals surface area contributed by atoms with E-state index in [0.717, 1.165) is 24.2 Å². The molecular formula is C16H20N4O3. The Hall–Kier alpha value is -2.44. The van der Waals surface area contributed by atoms with E-state index in [9.17, 15) is 9.59 Å². The first kappa shape index (κ1) is 15.5. The third-order valence-corrected chi connectivity index (χ3v) is 4.12. The summed E-state index contributed by atoms with van der Waals surface area (Å²) in [6.45, 7) is 5.52. The van der Waals surface area contributed by atoms with Crippen LogP contribution >= 0.6 is 0 Å². The maximum absolute atomic E-state index is 12.6. The van der Waals surface area contributed by atoms with Crippen LogP contribution < -0.4 is 5.32 Å². The summed E-state index contributed by atoms with van der Waals surface area (Å²) in [5, 5.41) is 6.67. The molecule has 2 aromatic heterocycles. The van der Waals surface area contributed by atoms with Gasteiger partial charge in [-0.1, -0.05) is 12.1 Å². The van der Waals surface area contributed by atoms with Gasteiger partial charge < -0.3 is 14.8 Å². The van der Waals surface area contributed by atoms with Crippen molar-refractivity contribution in [2.24, 2.45) is 0 Å². The highest BCUT2D eigenvalue weighted by Crippen LogP contribution is 2.27. The lowest BCUT2D eigenvalue weighted by Crippen LogP contribution is -2.29. The van der Waals surface area contributed by atoms with E-state index < -0.39 is 6.04 Å². The summed E-state index contributed by atoms with van der Waals surface area (Å²) in [4.78, 5) is 32.2. The van der Waals surface area contributed by atoms with Crippen LogP contribution in [0.3, 0.4) is 0 Å². The van der Waals surface area contributed by atoms with Crippen LogP contribution in [-0.2, 0) is 12.8 Å². The summed E-state index contributed by atoms with van der Waals surface area (Å²) in [6, 6.07) is -0.418. The minimum Gasteiger partial charge on any atom is -0.361 e. The van der Waals surface area contributed by atoms with Crippen molar-refractivity contribution in [2.75, 3.05) is 0 Å². The van der Waals surface area contributed by atoms with Crippen LogP contribution in [0, 0.1) is 6.92 Å². The fraction of sp³-hybridized carbons (Fsp3) is 0.500. The van der Waals surface area contributed by atoms with Crippen LogP contribution in [0.1, 0.15) is 76.5 Å². The second-order valence-electron chi connectivity index (χ2n) is 5.85. The molecule has 0 spiro atoms. The van der Waals surface area contributed by atoms with E-state index in [1.807, 2.05) is 13.8 Å². The number of ketones is 1. The number of carbonyl (C=O) groups is 2. The number of aromatic amines is 1. The van der Waals surface area contributed by atoms with Gasteiger partial charge in [0, 0.05) is 24.2 Å². The number of carbonyl (C=O) groups excluding carboxylic acids is 2. The molecule has 0 saturated heterocycles. The van der Waals surface area contributed by atoms with Gasteiger partial charge in [-0.25, -0.2) is 0 Å². The predicted octanol–water partition coefficient (Wildman–Crippen LogP) is 2.28. The number of fused-ring (bicyclic) bond motifs is 1. The van der Waals surface area contributed by atoms with Crippen molar-refractivity contribution in [3.05, 3.63) is 34.2 Å². The van der Waals surface area contributed by atoms with Crippen molar-refractivity contribution < 1.29 is 14.1 Å². The van der Waals surface area contributed by atoms with Gasteiger partial charge in [0.15, 0.2) is 11.6 Å². The predicted molar refractivity (Wildman–Crippen MR) is 82.4 cm³/mol.